The third-order valence-corrected chi connectivity index (χ3v) is 9.32. The predicted molar refractivity (Wildman–Crippen MR) is 200 cm³/mol. The van der Waals surface area contributed by atoms with E-state index in [1.165, 1.54) is 77.0 Å². The summed E-state index contributed by atoms with van der Waals surface area (Å²) in [5, 5.41) is 5.26. The minimum atomic E-state index is 0.966. The number of hydrogen-bond acceptors (Lipinski definition) is 0. The Labute approximate surface area is 270 Å². The van der Waals surface area contributed by atoms with Crippen molar-refractivity contribution in [3.63, 3.8) is 0 Å². The van der Waals surface area contributed by atoms with Crippen molar-refractivity contribution in [2.75, 3.05) is 0 Å². The van der Waals surface area contributed by atoms with E-state index in [-0.39, 0.29) is 0 Å². The summed E-state index contributed by atoms with van der Waals surface area (Å²) in [5.74, 6) is 0. The molecule has 222 valence electrons. The van der Waals surface area contributed by atoms with E-state index in [0.717, 1.165) is 13.1 Å². The number of benzene rings is 6. The molecule has 0 amide bonds. The van der Waals surface area contributed by atoms with Crippen LogP contribution in [-0.2, 0) is 13.1 Å². The molecule has 0 radical (unpaired) electrons. The van der Waals surface area contributed by atoms with Gasteiger partial charge in [-0.3, -0.25) is 0 Å². The Morgan fingerprint density at radius 2 is 0.717 bits per heavy atom. The molecule has 0 unspecified atom stereocenters. The molecule has 2 heterocycles. The standard InChI is InChI=1S/C44H36N2/c1-3-45-41-11-7-5-9-37(41)39-29-33(21-27-43(39)45)15-13-31-17-23-35(24-18-31)36-25-19-32(20-26-36)14-16-34-22-28-44-40(30-34)38-10-6-8-12-42(38)46(44)4-2/h5-30H,3-4H2,1-2H3/b15-13-,16-14-. The van der Waals surface area contributed by atoms with Crippen LogP contribution >= 0.6 is 0 Å². The van der Waals surface area contributed by atoms with Crippen LogP contribution in [0.3, 0.4) is 0 Å². The van der Waals surface area contributed by atoms with E-state index >= 15 is 0 Å². The zero-order valence-electron chi connectivity index (χ0n) is 26.3. The summed E-state index contributed by atoms with van der Waals surface area (Å²) in [6, 6.07) is 48.6. The average Bonchev–Trinajstić information content (AvgIpc) is 3.61. The number of aromatic nitrogens is 2. The maximum absolute atomic E-state index is 2.40. The molecule has 0 saturated heterocycles. The molecule has 0 spiro atoms. The van der Waals surface area contributed by atoms with E-state index < -0.39 is 0 Å². The number of hydrogen-bond donors (Lipinski definition) is 0. The van der Waals surface area contributed by atoms with Crippen LogP contribution in [0.2, 0.25) is 0 Å². The maximum atomic E-state index is 2.40. The monoisotopic (exact) mass is 592 g/mol. The molecule has 0 fully saturated rings. The molecule has 0 atom stereocenters. The fraction of sp³-hybridized carbons (Fsp3) is 0.0909. The molecule has 0 aliphatic heterocycles. The third kappa shape index (κ3) is 4.93. The summed E-state index contributed by atoms with van der Waals surface area (Å²) in [4.78, 5) is 0. The normalized spacial score (nSPS) is 12.1. The Balaban J connectivity index is 0.979. The van der Waals surface area contributed by atoms with Crippen LogP contribution in [0.15, 0.2) is 133 Å². The highest BCUT2D eigenvalue weighted by atomic mass is 15.0. The van der Waals surface area contributed by atoms with Gasteiger partial charge in [-0.1, -0.05) is 121 Å². The van der Waals surface area contributed by atoms with E-state index in [2.05, 4.69) is 181 Å². The summed E-state index contributed by atoms with van der Waals surface area (Å²) in [6.07, 6.45) is 8.84. The Hall–Kier alpha value is -5.60. The van der Waals surface area contributed by atoms with Crippen molar-refractivity contribution >= 4 is 67.9 Å². The van der Waals surface area contributed by atoms with Gasteiger partial charge in [0.15, 0.2) is 0 Å². The first-order chi connectivity index (χ1) is 22.7. The summed E-state index contributed by atoms with van der Waals surface area (Å²) >= 11 is 0. The number of para-hydroxylation sites is 2. The highest BCUT2D eigenvalue weighted by molar-refractivity contribution is 6.09. The Kier molecular flexibility index (Phi) is 7.11. The first kappa shape index (κ1) is 27.9. The Morgan fingerprint density at radius 3 is 1.13 bits per heavy atom. The van der Waals surface area contributed by atoms with Crippen LogP contribution in [0.25, 0.3) is 79.0 Å². The van der Waals surface area contributed by atoms with E-state index in [1.54, 1.807) is 0 Å². The van der Waals surface area contributed by atoms with Gasteiger partial charge in [-0.05, 0) is 83.6 Å². The summed E-state index contributed by atoms with van der Waals surface area (Å²) < 4.78 is 4.79. The Morgan fingerprint density at radius 1 is 0.370 bits per heavy atom. The van der Waals surface area contributed by atoms with Crippen molar-refractivity contribution in [1.29, 1.82) is 0 Å². The molecule has 2 nitrogen and oxygen atoms in total. The van der Waals surface area contributed by atoms with Crippen molar-refractivity contribution in [3.05, 3.63) is 156 Å². The molecular weight excluding hydrogens is 556 g/mol. The van der Waals surface area contributed by atoms with Crippen LogP contribution in [0.4, 0.5) is 0 Å². The fourth-order valence-corrected chi connectivity index (χ4v) is 6.99. The first-order valence-electron chi connectivity index (χ1n) is 16.3. The van der Waals surface area contributed by atoms with Gasteiger partial charge in [-0.25, -0.2) is 0 Å². The van der Waals surface area contributed by atoms with Gasteiger partial charge in [0.1, 0.15) is 0 Å². The lowest BCUT2D eigenvalue weighted by Crippen LogP contribution is -1.92. The average molecular weight is 593 g/mol. The van der Waals surface area contributed by atoms with Crippen LogP contribution < -0.4 is 0 Å². The van der Waals surface area contributed by atoms with Crippen molar-refractivity contribution in [1.82, 2.24) is 9.13 Å². The Bertz CT molecular complexity index is 2240. The van der Waals surface area contributed by atoms with Gasteiger partial charge in [0.25, 0.3) is 0 Å². The minimum absolute atomic E-state index is 0.966. The van der Waals surface area contributed by atoms with Gasteiger partial charge < -0.3 is 9.13 Å². The smallest absolute Gasteiger partial charge is 0.0491 e. The van der Waals surface area contributed by atoms with E-state index in [1.807, 2.05) is 0 Å². The van der Waals surface area contributed by atoms with E-state index in [9.17, 15) is 0 Å². The number of aryl methyl sites for hydroxylation is 2. The van der Waals surface area contributed by atoms with Crippen molar-refractivity contribution in [2.24, 2.45) is 0 Å². The second-order valence-corrected chi connectivity index (χ2v) is 12.0. The lowest BCUT2D eigenvalue weighted by molar-refractivity contribution is 0.827. The van der Waals surface area contributed by atoms with Crippen LogP contribution in [0.5, 0.6) is 0 Å². The highest BCUT2D eigenvalue weighted by Gasteiger charge is 2.10. The molecule has 2 heteroatoms. The van der Waals surface area contributed by atoms with Gasteiger partial charge in [0, 0.05) is 56.7 Å². The molecule has 8 aromatic rings. The largest absolute Gasteiger partial charge is 0.341 e. The van der Waals surface area contributed by atoms with Gasteiger partial charge in [-0.15, -0.1) is 0 Å². The lowest BCUT2D eigenvalue weighted by Gasteiger charge is -2.04. The zero-order valence-corrected chi connectivity index (χ0v) is 26.3. The molecule has 0 aliphatic rings. The molecule has 8 rings (SSSR count). The molecule has 0 aliphatic carbocycles. The molecular formula is C44H36N2. The van der Waals surface area contributed by atoms with E-state index in [4.69, 9.17) is 0 Å². The van der Waals surface area contributed by atoms with Gasteiger partial charge in [-0.2, -0.15) is 0 Å². The predicted octanol–water partition coefficient (Wildman–Crippen LogP) is 11.9. The van der Waals surface area contributed by atoms with Crippen LogP contribution in [0, 0.1) is 0 Å². The summed E-state index contributed by atoms with van der Waals surface area (Å²) in [5.41, 5.74) is 12.5. The zero-order chi connectivity index (χ0) is 31.0. The van der Waals surface area contributed by atoms with Gasteiger partial charge in [0.05, 0.1) is 0 Å². The second-order valence-electron chi connectivity index (χ2n) is 12.0. The molecule has 2 aromatic heterocycles. The van der Waals surface area contributed by atoms with Crippen LogP contribution in [-0.4, -0.2) is 9.13 Å². The third-order valence-electron chi connectivity index (χ3n) is 9.32. The van der Waals surface area contributed by atoms with Gasteiger partial charge >= 0.3 is 0 Å². The van der Waals surface area contributed by atoms with Crippen molar-refractivity contribution in [3.8, 4) is 11.1 Å². The molecule has 0 N–H and O–H groups in total. The lowest BCUT2D eigenvalue weighted by atomic mass is 10.0. The summed E-state index contributed by atoms with van der Waals surface area (Å²) in [6.45, 7) is 6.36. The second kappa shape index (κ2) is 11.7. The SMILES string of the molecule is CCn1c2ccccc2c2cc(/C=C\c3ccc(-c4ccc(/C=C\c5ccc6c(c5)c5ccccc5n6CC)cc4)cc3)ccc21. The minimum Gasteiger partial charge on any atom is -0.341 e. The fourth-order valence-electron chi connectivity index (χ4n) is 6.99. The molecule has 0 saturated carbocycles. The van der Waals surface area contributed by atoms with E-state index in [0.29, 0.717) is 0 Å². The molecule has 46 heavy (non-hydrogen) atoms. The number of rotatable bonds is 7. The molecule has 6 aromatic carbocycles. The quantitative estimate of drug-likeness (QED) is 0.163. The van der Waals surface area contributed by atoms with Crippen LogP contribution in [0.1, 0.15) is 36.1 Å². The topological polar surface area (TPSA) is 9.86 Å². The van der Waals surface area contributed by atoms with Gasteiger partial charge in [0.2, 0.25) is 0 Å². The summed E-state index contributed by atoms with van der Waals surface area (Å²) in [7, 11) is 0. The first-order valence-corrected chi connectivity index (χ1v) is 16.3. The molecule has 0 bridgehead atoms. The number of fused-ring (bicyclic) bond motifs is 6. The van der Waals surface area contributed by atoms with Crippen molar-refractivity contribution in [2.45, 2.75) is 26.9 Å². The maximum Gasteiger partial charge on any atom is 0.0491 e. The van der Waals surface area contributed by atoms with Crippen molar-refractivity contribution < 1.29 is 0 Å². The number of nitrogens with zero attached hydrogens (tertiary/aromatic N) is 2. The highest BCUT2D eigenvalue weighted by Crippen LogP contribution is 2.32.